The number of carboxylic acids is 2. The zero-order chi connectivity index (χ0) is 29.4. The van der Waals surface area contributed by atoms with Gasteiger partial charge in [0, 0.05) is 58.1 Å². The van der Waals surface area contributed by atoms with Crippen molar-refractivity contribution in [3.8, 4) is 0 Å². The molecule has 2 aromatic heterocycles. The minimum atomic E-state index is -1.23. The predicted molar refractivity (Wildman–Crippen MR) is 138 cm³/mol. The fourth-order valence-electron chi connectivity index (χ4n) is 3.81. The average molecular weight is 578 g/mol. The molecule has 0 bridgehead atoms. The van der Waals surface area contributed by atoms with E-state index in [1.807, 2.05) is 7.05 Å². The second-order valence-electron chi connectivity index (χ2n) is 8.85. The number of ether oxygens (including phenoxy) is 1. The highest BCUT2D eigenvalue weighted by atomic mass is 35.5. The Balaban J connectivity index is 0.000000289. The molecule has 1 fully saturated rings. The standard InChI is InChI=1S/C17H17ClN6O3.C7H11NO5/c1-22-6-8-23(9-7-22)17(26)27-16-14-13(19-4-5-20-14)15(25)24(16)12-3-2-11(18)10-21-12;1-4(9)8-5(7(12)13)2-3-6(10)11/h2-5,10,16H,6-9H2,1H3;5H,2-3H2,1H3,(H,8,9)(H,10,11)(H,12,13)/t16-;5-/m01/s1. The van der Waals surface area contributed by atoms with Gasteiger partial charge in [0.25, 0.3) is 5.91 Å². The molecule has 4 rings (SSSR count). The SMILES string of the molecule is CC(=O)N[C@H](CCC(=O)O)C(=O)O.CN1CCN(C(=O)O[C@H]2c3nccnc3C(=O)N2c2ccc(Cl)cn2)CC1. The highest BCUT2D eigenvalue weighted by Crippen LogP contribution is 2.35. The molecule has 1 saturated heterocycles. The number of anilines is 1. The van der Waals surface area contributed by atoms with Gasteiger partial charge in [-0.1, -0.05) is 11.6 Å². The number of carbonyl (C=O) groups is 5. The van der Waals surface area contributed by atoms with Gasteiger partial charge >= 0.3 is 18.0 Å². The quantitative estimate of drug-likeness (QED) is 0.423. The molecule has 0 spiro atoms. The maximum absolute atomic E-state index is 12.8. The van der Waals surface area contributed by atoms with E-state index in [-0.39, 0.29) is 18.5 Å². The summed E-state index contributed by atoms with van der Waals surface area (Å²) in [5.41, 5.74) is 0.437. The van der Waals surface area contributed by atoms with Crippen molar-refractivity contribution in [2.45, 2.75) is 32.0 Å². The summed E-state index contributed by atoms with van der Waals surface area (Å²) in [6.45, 7) is 3.82. The van der Waals surface area contributed by atoms with Gasteiger partial charge in [0.1, 0.15) is 17.6 Å². The van der Waals surface area contributed by atoms with Gasteiger partial charge in [-0.05, 0) is 25.6 Å². The van der Waals surface area contributed by atoms with E-state index < -0.39 is 42.1 Å². The van der Waals surface area contributed by atoms with Crippen LogP contribution in [0.4, 0.5) is 10.6 Å². The third-order valence-corrected chi connectivity index (χ3v) is 6.09. The molecule has 2 atom stereocenters. The summed E-state index contributed by atoms with van der Waals surface area (Å²) < 4.78 is 5.68. The molecule has 15 nitrogen and oxygen atoms in total. The van der Waals surface area contributed by atoms with Crippen molar-refractivity contribution in [1.29, 1.82) is 0 Å². The van der Waals surface area contributed by atoms with Crippen LogP contribution >= 0.6 is 11.6 Å². The van der Waals surface area contributed by atoms with Crippen LogP contribution in [-0.2, 0) is 19.1 Å². The summed E-state index contributed by atoms with van der Waals surface area (Å²) in [5, 5.41) is 19.4. The lowest BCUT2D eigenvalue weighted by Crippen LogP contribution is -2.48. The molecule has 16 heteroatoms. The van der Waals surface area contributed by atoms with Crippen LogP contribution in [0.1, 0.15) is 42.2 Å². The molecule has 2 aromatic rings. The van der Waals surface area contributed by atoms with Crippen molar-refractivity contribution in [3.63, 3.8) is 0 Å². The Morgan fingerprint density at radius 1 is 1.10 bits per heavy atom. The summed E-state index contributed by atoms with van der Waals surface area (Å²) in [7, 11) is 2.00. The van der Waals surface area contributed by atoms with E-state index in [1.165, 1.54) is 30.4 Å². The normalized spacial score (nSPS) is 17.3. The number of carbonyl (C=O) groups excluding carboxylic acids is 3. The lowest BCUT2D eigenvalue weighted by atomic mass is 10.1. The van der Waals surface area contributed by atoms with Gasteiger partial charge in [-0.2, -0.15) is 0 Å². The molecule has 0 unspecified atom stereocenters. The molecular formula is C24H28ClN7O8. The van der Waals surface area contributed by atoms with Crippen LogP contribution < -0.4 is 10.2 Å². The first-order valence-corrected chi connectivity index (χ1v) is 12.5. The molecule has 214 valence electrons. The fourth-order valence-corrected chi connectivity index (χ4v) is 3.92. The van der Waals surface area contributed by atoms with Crippen LogP contribution in [0.25, 0.3) is 0 Å². The molecule has 0 radical (unpaired) electrons. The minimum Gasteiger partial charge on any atom is -0.481 e. The van der Waals surface area contributed by atoms with Gasteiger partial charge in [-0.25, -0.2) is 24.5 Å². The molecule has 2 aliphatic rings. The van der Waals surface area contributed by atoms with E-state index in [9.17, 15) is 24.0 Å². The van der Waals surface area contributed by atoms with Crippen LogP contribution in [0.15, 0.2) is 30.7 Å². The number of nitrogens with zero attached hydrogens (tertiary/aromatic N) is 6. The Morgan fingerprint density at radius 3 is 2.35 bits per heavy atom. The van der Waals surface area contributed by atoms with Crippen LogP contribution in [0.2, 0.25) is 5.02 Å². The Kier molecular flexibility index (Phi) is 10.3. The first-order valence-electron chi connectivity index (χ1n) is 12.1. The average Bonchev–Trinajstić information content (AvgIpc) is 3.18. The van der Waals surface area contributed by atoms with Crippen LogP contribution in [0.3, 0.4) is 0 Å². The molecule has 3 N–H and O–H groups in total. The van der Waals surface area contributed by atoms with E-state index in [0.717, 1.165) is 13.1 Å². The predicted octanol–water partition coefficient (Wildman–Crippen LogP) is 1.01. The Morgan fingerprint density at radius 2 is 1.77 bits per heavy atom. The molecule has 4 heterocycles. The van der Waals surface area contributed by atoms with E-state index in [4.69, 9.17) is 26.6 Å². The lowest BCUT2D eigenvalue weighted by molar-refractivity contribution is -0.142. The molecule has 3 amide bonds. The third-order valence-electron chi connectivity index (χ3n) is 5.87. The Labute approximate surface area is 233 Å². The number of pyridine rings is 1. The molecule has 0 aliphatic carbocycles. The highest BCUT2D eigenvalue weighted by Gasteiger charge is 2.44. The summed E-state index contributed by atoms with van der Waals surface area (Å²) in [6.07, 6.45) is 2.39. The number of hydrogen-bond donors (Lipinski definition) is 3. The number of amides is 3. The van der Waals surface area contributed by atoms with Crippen molar-refractivity contribution >= 4 is 47.3 Å². The topological polar surface area (TPSA) is 195 Å². The zero-order valence-corrected chi connectivity index (χ0v) is 22.4. The van der Waals surface area contributed by atoms with Crippen molar-refractivity contribution in [2.75, 3.05) is 38.1 Å². The van der Waals surface area contributed by atoms with Crippen molar-refractivity contribution in [1.82, 2.24) is 30.1 Å². The van der Waals surface area contributed by atoms with Crippen molar-refractivity contribution in [3.05, 3.63) is 47.1 Å². The summed E-state index contributed by atoms with van der Waals surface area (Å²) in [4.78, 5) is 74.0. The largest absolute Gasteiger partial charge is 0.481 e. The van der Waals surface area contributed by atoms with Crippen LogP contribution in [0, 0.1) is 0 Å². The molecule has 0 saturated carbocycles. The van der Waals surface area contributed by atoms with Gasteiger partial charge < -0.3 is 30.1 Å². The molecule has 40 heavy (non-hydrogen) atoms. The molecular weight excluding hydrogens is 550 g/mol. The van der Waals surface area contributed by atoms with E-state index >= 15 is 0 Å². The first kappa shape index (κ1) is 30.2. The lowest BCUT2D eigenvalue weighted by Gasteiger charge is -2.33. The van der Waals surface area contributed by atoms with E-state index in [0.29, 0.717) is 29.6 Å². The second-order valence-corrected chi connectivity index (χ2v) is 9.29. The summed E-state index contributed by atoms with van der Waals surface area (Å²) >= 11 is 5.89. The smallest absolute Gasteiger partial charge is 0.412 e. The minimum absolute atomic E-state index is 0.107. The number of nitrogens with one attached hydrogen (secondary N) is 1. The zero-order valence-electron chi connectivity index (χ0n) is 21.7. The van der Waals surface area contributed by atoms with E-state index in [2.05, 4.69) is 25.2 Å². The number of aliphatic carboxylic acids is 2. The van der Waals surface area contributed by atoms with Gasteiger partial charge in [0.15, 0.2) is 5.69 Å². The number of fused-ring (bicyclic) bond motifs is 1. The number of aromatic nitrogens is 3. The molecule has 2 aliphatic heterocycles. The van der Waals surface area contributed by atoms with E-state index in [1.54, 1.807) is 17.0 Å². The van der Waals surface area contributed by atoms with Gasteiger partial charge in [-0.15, -0.1) is 0 Å². The third kappa shape index (κ3) is 7.83. The Hall–Kier alpha value is -4.37. The number of likely N-dealkylation sites (N-methyl/N-ethyl adjacent to an activating group) is 1. The monoisotopic (exact) mass is 577 g/mol. The number of rotatable bonds is 7. The summed E-state index contributed by atoms with van der Waals surface area (Å²) in [6, 6.07) is 2.08. The number of carboxylic acid groups (broad SMARTS) is 2. The van der Waals surface area contributed by atoms with Crippen LogP contribution in [0.5, 0.6) is 0 Å². The highest BCUT2D eigenvalue weighted by molar-refractivity contribution is 6.30. The van der Waals surface area contributed by atoms with Crippen molar-refractivity contribution in [2.24, 2.45) is 0 Å². The maximum atomic E-state index is 12.8. The fraction of sp³-hybridized carbons (Fsp3) is 0.417. The maximum Gasteiger partial charge on any atom is 0.412 e. The van der Waals surface area contributed by atoms with Gasteiger partial charge in [-0.3, -0.25) is 19.4 Å². The summed E-state index contributed by atoms with van der Waals surface area (Å²) in [5.74, 6) is -2.92. The van der Waals surface area contributed by atoms with Crippen LogP contribution in [-0.4, -0.2) is 104 Å². The van der Waals surface area contributed by atoms with Gasteiger partial charge in [0.2, 0.25) is 12.1 Å². The second kappa shape index (κ2) is 13.6. The number of halogens is 1. The van der Waals surface area contributed by atoms with Crippen molar-refractivity contribution < 1.29 is 38.9 Å². The number of hydrogen-bond acceptors (Lipinski definition) is 10. The molecule has 0 aromatic carbocycles. The van der Waals surface area contributed by atoms with Gasteiger partial charge in [0.05, 0.1) is 5.02 Å². The number of piperazine rings is 1. The first-order chi connectivity index (χ1) is 19.0. The Bertz CT molecular complexity index is 1250.